The Bertz CT molecular complexity index is 986. The minimum atomic E-state index is -3.72. The molecule has 8 nitrogen and oxygen atoms in total. The number of carbonyl (C=O) groups is 1. The van der Waals surface area contributed by atoms with E-state index in [1.165, 1.54) is 22.8 Å². The van der Waals surface area contributed by atoms with Gasteiger partial charge >= 0.3 is 10.2 Å². The molecular weight excluding hydrogens is 425 g/mol. The van der Waals surface area contributed by atoms with Crippen LogP contribution < -0.4 is 5.32 Å². The summed E-state index contributed by atoms with van der Waals surface area (Å²) in [6, 6.07) is 4.71. The van der Waals surface area contributed by atoms with Crippen LogP contribution in [-0.4, -0.2) is 52.7 Å². The number of benzene rings is 1. The van der Waals surface area contributed by atoms with Crippen LogP contribution in [0.5, 0.6) is 0 Å². The molecule has 0 spiro atoms. The highest BCUT2D eigenvalue weighted by molar-refractivity contribution is 7.87. The van der Waals surface area contributed by atoms with Gasteiger partial charge < -0.3 is 5.32 Å². The Morgan fingerprint density at radius 1 is 1.29 bits per heavy atom. The van der Waals surface area contributed by atoms with E-state index >= 15 is 0 Å². The molecule has 28 heavy (non-hydrogen) atoms. The number of nitrogens with zero attached hydrogens (tertiary/aromatic N) is 4. The Balaban J connectivity index is 1.44. The van der Waals surface area contributed by atoms with Crippen molar-refractivity contribution in [1.29, 1.82) is 0 Å². The Morgan fingerprint density at radius 3 is 2.64 bits per heavy atom. The first-order valence-electron chi connectivity index (χ1n) is 8.89. The summed E-state index contributed by atoms with van der Waals surface area (Å²) >= 11 is 12.0. The lowest BCUT2D eigenvalue weighted by molar-refractivity contribution is 0.0496. The molecule has 1 amide bonds. The third-order valence-electron chi connectivity index (χ3n) is 5.21. The molecule has 1 aromatic carbocycles. The molecule has 2 heterocycles. The first-order valence-corrected chi connectivity index (χ1v) is 11.0. The number of rotatable bonds is 7. The predicted octanol–water partition coefficient (Wildman–Crippen LogP) is 2.21. The molecule has 2 aliphatic rings. The molecule has 0 unspecified atom stereocenters. The average molecular weight is 444 g/mol. The van der Waals surface area contributed by atoms with Crippen LogP contribution in [0.1, 0.15) is 29.6 Å². The molecule has 4 rings (SSSR count). The van der Waals surface area contributed by atoms with Crippen molar-refractivity contribution < 1.29 is 13.2 Å². The summed E-state index contributed by atoms with van der Waals surface area (Å²) in [5.41, 5.74) is 0.0580. The highest BCUT2D eigenvalue weighted by Crippen LogP contribution is 2.45. The van der Waals surface area contributed by atoms with Crippen LogP contribution in [0.25, 0.3) is 0 Å². The van der Waals surface area contributed by atoms with Crippen molar-refractivity contribution in [1.82, 2.24) is 24.0 Å². The van der Waals surface area contributed by atoms with Crippen molar-refractivity contribution in [3.8, 4) is 0 Å². The van der Waals surface area contributed by atoms with Crippen LogP contribution in [0.2, 0.25) is 10.0 Å². The molecule has 1 saturated carbocycles. The third-order valence-corrected chi connectivity index (χ3v) is 7.33. The van der Waals surface area contributed by atoms with Gasteiger partial charge in [-0.05, 0) is 30.5 Å². The second-order valence-electron chi connectivity index (χ2n) is 7.51. The van der Waals surface area contributed by atoms with Gasteiger partial charge in [0.15, 0.2) is 0 Å². The molecule has 150 valence electrons. The fraction of sp³-hybridized carbons (Fsp3) is 0.471. The van der Waals surface area contributed by atoms with E-state index in [4.69, 9.17) is 23.2 Å². The lowest BCUT2D eigenvalue weighted by Crippen LogP contribution is -2.63. The van der Waals surface area contributed by atoms with E-state index in [9.17, 15) is 13.2 Å². The molecule has 2 aromatic rings. The van der Waals surface area contributed by atoms with Crippen molar-refractivity contribution in [3.05, 3.63) is 46.2 Å². The van der Waals surface area contributed by atoms with Gasteiger partial charge in [-0.1, -0.05) is 41.3 Å². The van der Waals surface area contributed by atoms with E-state index in [0.29, 0.717) is 36.1 Å². The second-order valence-corrected chi connectivity index (χ2v) is 10.1. The van der Waals surface area contributed by atoms with Gasteiger partial charge in [0.2, 0.25) is 0 Å². The monoisotopic (exact) mass is 443 g/mol. The summed E-state index contributed by atoms with van der Waals surface area (Å²) < 4.78 is 27.4. The minimum absolute atomic E-state index is 0.283. The molecule has 0 radical (unpaired) electrons. The summed E-state index contributed by atoms with van der Waals surface area (Å²) in [4.78, 5) is 12.5. The molecule has 11 heteroatoms. The zero-order chi connectivity index (χ0) is 19.9. The fourth-order valence-electron chi connectivity index (χ4n) is 3.59. The molecule has 0 bridgehead atoms. The van der Waals surface area contributed by atoms with Gasteiger partial charge in [-0.3, -0.25) is 4.79 Å². The number of nitrogens with one attached hydrogen (secondary N) is 1. The summed E-state index contributed by atoms with van der Waals surface area (Å²) in [5, 5.41) is 10.8. The van der Waals surface area contributed by atoms with Gasteiger partial charge in [0.1, 0.15) is 0 Å². The summed E-state index contributed by atoms with van der Waals surface area (Å²) in [6.45, 7) is 1.05. The summed E-state index contributed by atoms with van der Waals surface area (Å²) in [5.74, 6) is 0.293. The SMILES string of the molecule is O=C(NCC1(CC2CC2)CN(S(=O)(=O)n2ccnn2)C1)c1ccc(Cl)cc1Cl. The van der Waals surface area contributed by atoms with Crippen LogP contribution in [0.15, 0.2) is 30.6 Å². The number of amides is 1. The van der Waals surface area contributed by atoms with Gasteiger partial charge in [-0.25, -0.2) is 0 Å². The molecule has 1 aromatic heterocycles. The number of hydrogen-bond donors (Lipinski definition) is 1. The van der Waals surface area contributed by atoms with Crippen LogP contribution in [-0.2, 0) is 10.2 Å². The van der Waals surface area contributed by atoms with Gasteiger partial charge in [-0.2, -0.15) is 12.7 Å². The van der Waals surface area contributed by atoms with Crippen molar-refractivity contribution in [2.24, 2.45) is 11.3 Å². The average Bonchev–Trinajstić information content (AvgIpc) is 3.23. The van der Waals surface area contributed by atoms with Gasteiger partial charge in [0, 0.05) is 30.1 Å². The summed E-state index contributed by atoms with van der Waals surface area (Å²) in [6.07, 6.45) is 5.81. The molecule has 2 fully saturated rings. The molecular formula is C17H19Cl2N5O3S. The van der Waals surface area contributed by atoms with Crippen LogP contribution in [0, 0.1) is 11.3 Å². The predicted molar refractivity (Wildman–Crippen MR) is 104 cm³/mol. The van der Waals surface area contributed by atoms with E-state index in [-0.39, 0.29) is 16.3 Å². The highest BCUT2D eigenvalue weighted by Gasteiger charge is 2.51. The maximum Gasteiger partial charge on any atom is 0.324 e. The minimum Gasteiger partial charge on any atom is -0.351 e. The van der Waals surface area contributed by atoms with E-state index < -0.39 is 10.2 Å². The zero-order valence-corrected chi connectivity index (χ0v) is 17.2. The van der Waals surface area contributed by atoms with E-state index in [1.54, 1.807) is 12.1 Å². The second kappa shape index (κ2) is 7.29. The molecule has 1 saturated heterocycles. The first kappa shape index (κ1) is 19.6. The van der Waals surface area contributed by atoms with Crippen molar-refractivity contribution in [2.45, 2.75) is 19.3 Å². The largest absolute Gasteiger partial charge is 0.351 e. The zero-order valence-electron chi connectivity index (χ0n) is 14.9. The number of halogens is 2. The Kier molecular flexibility index (Phi) is 5.11. The van der Waals surface area contributed by atoms with E-state index in [0.717, 1.165) is 23.3 Å². The van der Waals surface area contributed by atoms with Crippen LogP contribution >= 0.6 is 23.2 Å². The maximum absolute atomic E-state index is 12.6. The fourth-order valence-corrected chi connectivity index (χ4v) is 5.54. The molecule has 0 atom stereocenters. The van der Waals surface area contributed by atoms with Crippen molar-refractivity contribution >= 4 is 39.3 Å². The number of carbonyl (C=O) groups excluding carboxylic acids is 1. The Labute approximate surface area is 173 Å². The van der Waals surface area contributed by atoms with Crippen molar-refractivity contribution in [3.63, 3.8) is 0 Å². The smallest absolute Gasteiger partial charge is 0.324 e. The van der Waals surface area contributed by atoms with Gasteiger partial charge in [0.25, 0.3) is 5.91 Å². The topological polar surface area (TPSA) is 97.2 Å². The summed E-state index contributed by atoms with van der Waals surface area (Å²) in [7, 11) is -3.72. The third kappa shape index (κ3) is 3.89. The molecule has 1 aliphatic carbocycles. The van der Waals surface area contributed by atoms with Crippen LogP contribution in [0.3, 0.4) is 0 Å². The molecule has 1 N–H and O–H groups in total. The van der Waals surface area contributed by atoms with Crippen molar-refractivity contribution in [2.75, 3.05) is 19.6 Å². The quantitative estimate of drug-likeness (QED) is 0.707. The number of hydrogen-bond acceptors (Lipinski definition) is 5. The first-order chi connectivity index (χ1) is 13.3. The normalized spacial score (nSPS) is 19.2. The highest BCUT2D eigenvalue weighted by atomic mass is 35.5. The lowest BCUT2D eigenvalue weighted by Gasteiger charge is -2.49. The van der Waals surface area contributed by atoms with Gasteiger partial charge in [0.05, 0.1) is 23.0 Å². The Morgan fingerprint density at radius 2 is 2.04 bits per heavy atom. The van der Waals surface area contributed by atoms with E-state index in [2.05, 4.69) is 15.6 Å². The van der Waals surface area contributed by atoms with Gasteiger partial charge in [-0.15, -0.1) is 9.19 Å². The Hall–Kier alpha value is -1.68. The number of aromatic nitrogens is 3. The lowest BCUT2D eigenvalue weighted by atomic mass is 9.76. The van der Waals surface area contributed by atoms with E-state index in [1.807, 2.05) is 0 Å². The standard InChI is InChI=1S/C17H19Cl2N5O3S/c18-13-3-4-14(15(19)7-13)16(25)20-9-17(8-12-1-2-12)10-23(11-17)28(26,27)24-6-5-21-22-24/h3-7,12H,1-2,8-11H2,(H,20,25). The van der Waals surface area contributed by atoms with Crippen LogP contribution in [0.4, 0.5) is 0 Å². The maximum atomic E-state index is 12.6. The molecule has 1 aliphatic heterocycles.